The first kappa shape index (κ1) is 17.6. The van der Waals surface area contributed by atoms with Crippen molar-refractivity contribution in [2.75, 3.05) is 12.4 Å². The van der Waals surface area contributed by atoms with E-state index in [2.05, 4.69) is 5.32 Å². The molecular formula is C18H16ClNO4. The van der Waals surface area contributed by atoms with Crippen molar-refractivity contribution in [1.29, 1.82) is 0 Å². The summed E-state index contributed by atoms with van der Waals surface area (Å²) in [6.45, 7) is 0. The minimum atomic E-state index is -1.14. The molecule has 24 heavy (non-hydrogen) atoms. The maximum Gasteiger partial charge on any atom is 0.332 e. The van der Waals surface area contributed by atoms with Gasteiger partial charge in [0.05, 0.1) is 13.5 Å². The molecule has 0 atom stereocenters. The van der Waals surface area contributed by atoms with Crippen LogP contribution in [0.25, 0.3) is 6.08 Å². The van der Waals surface area contributed by atoms with Crippen LogP contribution in [0.3, 0.4) is 0 Å². The minimum absolute atomic E-state index is 0.00775. The standard InChI is InChI=1S/C18H16ClNO4/c1-24-16-8-2-12(3-9-16)10-13(18(22)23)11-17(21)20-15-6-4-14(19)5-7-15/h2-10H,11H2,1H3,(H,20,21)(H,22,23)/b13-10-. The van der Waals surface area contributed by atoms with Crippen molar-refractivity contribution in [3.8, 4) is 5.75 Å². The average Bonchev–Trinajstić information content (AvgIpc) is 2.57. The van der Waals surface area contributed by atoms with Crippen molar-refractivity contribution in [1.82, 2.24) is 0 Å². The fraction of sp³-hybridized carbons (Fsp3) is 0.111. The number of carboxylic acids is 1. The van der Waals surface area contributed by atoms with E-state index in [4.69, 9.17) is 16.3 Å². The highest BCUT2D eigenvalue weighted by Gasteiger charge is 2.13. The van der Waals surface area contributed by atoms with E-state index in [9.17, 15) is 14.7 Å². The summed E-state index contributed by atoms with van der Waals surface area (Å²) in [4.78, 5) is 23.4. The Morgan fingerprint density at radius 2 is 1.75 bits per heavy atom. The number of hydrogen-bond acceptors (Lipinski definition) is 3. The molecule has 0 aliphatic rings. The fourth-order valence-electron chi connectivity index (χ4n) is 2.00. The summed E-state index contributed by atoms with van der Waals surface area (Å²) < 4.78 is 5.05. The normalized spacial score (nSPS) is 11.0. The summed E-state index contributed by atoms with van der Waals surface area (Å²) in [5, 5.41) is 12.5. The zero-order valence-corrected chi connectivity index (χ0v) is 13.7. The van der Waals surface area contributed by atoms with Crippen LogP contribution in [0.1, 0.15) is 12.0 Å². The Labute approximate surface area is 144 Å². The Kier molecular flexibility index (Phi) is 5.98. The van der Waals surface area contributed by atoms with Crippen molar-refractivity contribution >= 4 is 35.2 Å². The molecule has 0 aliphatic heterocycles. The van der Waals surface area contributed by atoms with Crippen LogP contribution in [0.2, 0.25) is 5.02 Å². The van der Waals surface area contributed by atoms with Gasteiger partial charge in [-0.25, -0.2) is 4.79 Å². The van der Waals surface area contributed by atoms with Crippen molar-refractivity contribution < 1.29 is 19.4 Å². The molecule has 0 heterocycles. The number of methoxy groups -OCH3 is 1. The lowest BCUT2D eigenvalue weighted by Crippen LogP contribution is -2.15. The number of amides is 1. The molecule has 2 aromatic carbocycles. The van der Waals surface area contributed by atoms with Crippen molar-refractivity contribution in [2.45, 2.75) is 6.42 Å². The van der Waals surface area contributed by atoms with E-state index >= 15 is 0 Å². The molecule has 0 spiro atoms. The Morgan fingerprint density at radius 1 is 1.12 bits per heavy atom. The van der Waals surface area contributed by atoms with Crippen LogP contribution in [-0.2, 0) is 9.59 Å². The Bertz CT molecular complexity index is 752. The van der Waals surface area contributed by atoms with E-state index in [1.807, 2.05) is 0 Å². The summed E-state index contributed by atoms with van der Waals surface area (Å²) in [5.41, 5.74) is 1.22. The van der Waals surface area contributed by atoms with Gasteiger partial charge in [0, 0.05) is 16.3 Å². The molecule has 6 heteroatoms. The molecule has 0 aliphatic carbocycles. The number of carbonyl (C=O) groups is 2. The number of halogens is 1. The number of aliphatic carboxylic acids is 1. The quantitative estimate of drug-likeness (QED) is 0.780. The van der Waals surface area contributed by atoms with Crippen LogP contribution in [0.4, 0.5) is 5.69 Å². The van der Waals surface area contributed by atoms with Crippen LogP contribution in [0, 0.1) is 0 Å². The number of benzene rings is 2. The molecule has 2 N–H and O–H groups in total. The van der Waals surface area contributed by atoms with Crippen molar-refractivity contribution in [2.24, 2.45) is 0 Å². The highest BCUT2D eigenvalue weighted by molar-refractivity contribution is 6.30. The molecule has 0 fully saturated rings. The summed E-state index contributed by atoms with van der Waals surface area (Å²) in [6.07, 6.45) is 1.22. The number of anilines is 1. The van der Waals surface area contributed by atoms with Crippen molar-refractivity contribution in [3.05, 3.63) is 64.7 Å². The van der Waals surface area contributed by atoms with Crippen LogP contribution < -0.4 is 10.1 Å². The van der Waals surface area contributed by atoms with Crippen LogP contribution >= 0.6 is 11.6 Å². The van der Waals surface area contributed by atoms with Crippen LogP contribution in [-0.4, -0.2) is 24.1 Å². The molecule has 2 aromatic rings. The lowest BCUT2D eigenvalue weighted by Gasteiger charge is -2.06. The first-order valence-electron chi connectivity index (χ1n) is 7.11. The predicted molar refractivity (Wildman–Crippen MR) is 93.3 cm³/mol. The number of rotatable bonds is 6. The van der Waals surface area contributed by atoms with E-state index in [0.717, 1.165) is 0 Å². The third-order valence-electron chi connectivity index (χ3n) is 3.21. The lowest BCUT2D eigenvalue weighted by atomic mass is 10.1. The van der Waals surface area contributed by atoms with Gasteiger partial charge in [0.15, 0.2) is 0 Å². The molecule has 0 radical (unpaired) electrons. The molecule has 0 unspecified atom stereocenters. The predicted octanol–water partition coefficient (Wildman–Crippen LogP) is 3.85. The maximum atomic E-state index is 12.0. The average molecular weight is 346 g/mol. The molecule has 1 amide bonds. The first-order chi connectivity index (χ1) is 11.5. The first-order valence-corrected chi connectivity index (χ1v) is 7.49. The highest BCUT2D eigenvalue weighted by Crippen LogP contribution is 2.17. The van der Waals surface area contributed by atoms with Gasteiger partial charge in [0.1, 0.15) is 5.75 Å². The van der Waals surface area contributed by atoms with Gasteiger partial charge in [0.2, 0.25) is 5.91 Å². The zero-order chi connectivity index (χ0) is 17.5. The van der Waals surface area contributed by atoms with Crippen molar-refractivity contribution in [3.63, 3.8) is 0 Å². The van der Waals surface area contributed by atoms with Crippen LogP contribution in [0.5, 0.6) is 5.75 Å². The molecule has 5 nitrogen and oxygen atoms in total. The summed E-state index contributed by atoms with van der Waals surface area (Å²) in [6, 6.07) is 13.5. The number of hydrogen-bond donors (Lipinski definition) is 2. The number of carboxylic acid groups (broad SMARTS) is 1. The van der Waals surface area contributed by atoms with E-state index in [1.54, 1.807) is 55.6 Å². The van der Waals surface area contributed by atoms with E-state index in [1.165, 1.54) is 6.08 Å². The molecule has 2 rings (SSSR count). The minimum Gasteiger partial charge on any atom is -0.497 e. The fourth-order valence-corrected chi connectivity index (χ4v) is 2.13. The largest absolute Gasteiger partial charge is 0.497 e. The highest BCUT2D eigenvalue weighted by atomic mass is 35.5. The van der Waals surface area contributed by atoms with Gasteiger partial charge in [-0.1, -0.05) is 23.7 Å². The second-order valence-corrected chi connectivity index (χ2v) is 5.42. The maximum absolute atomic E-state index is 12.0. The van der Waals surface area contributed by atoms with Crippen LogP contribution in [0.15, 0.2) is 54.1 Å². The third-order valence-corrected chi connectivity index (χ3v) is 3.46. The molecule has 0 saturated heterocycles. The molecule has 0 saturated carbocycles. The van der Waals surface area contributed by atoms with E-state index in [0.29, 0.717) is 22.0 Å². The van der Waals surface area contributed by atoms with E-state index in [-0.39, 0.29) is 12.0 Å². The Morgan fingerprint density at radius 3 is 2.29 bits per heavy atom. The zero-order valence-electron chi connectivity index (χ0n) is 13.0. The van der Waals surface area contributed by atoms with Gasteiger partial charge in [-0.15, -0.1) is 0 Å². The third kappa shape index (κ3) is 5.14. The smallest absolute Gasteiger partial charge is 0.332 e. The van der Waals surface area contributed by atoms with E-state index < -0.39 is 11.9 Å². The summed E-state index contributed by atoms with van der Waals surface area (Å²) >= 11 is 5.78. The molecule has 0 bridgehead atoms. The molecule has 124 valence electrons. The number of nitrogens with one attached hydrogen (secondary N) is 1. The monoisotopic (exact) mass is 345 g/mol. The van der Waals surface area contributed by atoms with Gasteiger partial charge >= 0.3 is 5.97 Å². The molecular weight excluding hydrogens is 330 g/mol. The second kappa shape index (κ2) is 8.17. The number of ether oxygens (including phenoxy) is 1. The topological polar surface area (TPSA) is 75.6 Å². The molecule has 0 aromatic heterocycles. The van der Waals surface area contributed by atoms with Gasteiger partial charge < -0.3 is 15.2 Å². The van der Waals surface area contributed by atoms with Gasteiger partial charge in [0.25, 0.3) is 0 Å². The number of carbonyl (C=O) groups excluding carboxylic acids is 1. The Hall–Kier alpha value is -2.79. The van der Waals surface area contributed by atoms with Gasteiger partial charge in [-0.3, -0.25) is 4.79 Å². The Balaban J connectivity index is 2.09. The van der Waals surface area contributed by atoms with Gasteiger partial charge in [-0.2, -0.15) is 0 Å². The SMILES string of the molecule is COc1ccc(/C=C(/CC(=O)Nc2ccc(Cl)cc2)C(=O)O)cc1. The van der Waals surface area contributed by atoms with Gasteiger partial charge in [-0.05, 0) is 48.0 Å². The second-order valence-electron chi connectivity index (χ2n) is 4.98. The summed E-state index contributed by atoms with van der Waals surface area (Å²) in [5.74, 6) is -0.888. The lowest BCUT2D eigenvalue weighted by molar-refractivity contribution is -0.133. The summed E-state index contributed by atoms with van der Waals surface area (Å²) in [7, 11) is 1.55.